The number of amides is 2. The number of rotatable bonds is 7. The summed E-state index contributed by atoms with van der Waals surface area (Å²) >= 11 is 1.46. The van der Waals surface area contributed by atoms with Crippen LogP contribution >= 0.6 is 11.3 Å². The number of thiophene rings is 1. The van der Waals surface area contributed by atoms with Crippen LogP contribution in [0.4, 0.5) is 5.00 Å². The standard InChI is InChI=1S/C35H36N4O5S2/c40-33(27-10-12-29(13-11-27)46(42,43)39-17-14-26-8-4-5-9-28(26)23-39)36-34-32(35(41)38-18-20-44-21-19-38)30-15-16-37(24-31(30)45-34)22-25-6-2-1-3-7-25/h1-13H,14-24H2,(H,36,40). The zero-order valence-electron chi connectivity index (χ0n) is 25.5. The van der Waals surface area contributed by atoms with Gasteiger partial charge < -0.3 is 15.0 Å². The Hall–Kier alpha value is -3.87. The smallest absolute Gasteiger partial charge is 0.257 e. The fourth-order valence-electron chi connectivity index (χ4n) is 6.45. The van der Waals surface area contributed by atoms with E-state index in [1.165, 1.54) is 38.9 Å². The Labute approximate surface area is 273 Å². The summed E-state index contributed by atoms with van der Waals surface area (Å²) in [6.07, 6.45) is 1.38. The molecule has 2 amide bonds. The number of benzene rings is 3. The first-order chi connectivity index (χ1) is 22.4. The van der Waals surface area contributed by atoms with Gasteiger partial charge in [-0.25, -0.2) is 8.42 Å². The van der Waals surface area contributed by atoms with Gasteiger partial charge in [-0.3, -0.25) is 14.5 Å². The molecular weight excluding hydrogens is 621 g/mol. The third-order valence-corrected chi connectivity index (χ3v) is 12.0. The third kappa shape index (κ3) is 6.25. The average molecular weight is 657 g/mol. The second kappa shape index (κ2) is 13.1. The van der Waals surface area contributed by atoms with Crippen molar-refractivity contribution < 1.29 is 22.7 Å². The van der Waals surface area contributed by atoms with Gasteiger partial charge in [-0.2, -0.15) is 4.31 Å². The number of hydrogen-bond donors (Lipinski definition) is 1. The number of nitrogens with one attached hydrogen (secondary N) is 1. The highest BCUT2D eigenvalue weighted by Crippen LogP contribution is 2.39. The lowest BCUT2D eigenvalue weighted by Crippen LogP contribution is -2.41. The van der Waals surface area contributed by atoms with Crippen molar-refractivity contribution in [2.45, 2.75) is 37.4 Å². The van der Waals surface area contributed by atoms with E-state index in [1.54, 1.807) is 17.0 Å². The zero-order valence-corrected chi connectivity index (χ0v) is 27.1. The van der Waals surface area contributed by atoms with Crippen molar-refractivity contribution >= 4 is 38.2 Å². The molecule has 11 heteroatoms. The molecule has 46 heavy (non-hydrogen) atoms. The van der Waals surface area contributed by atoms with Gasteiger partial charge in [0.25, 0.3) is 11.8 Å². The maximum absolute atomic E-state index is 13.9. The van der Waals surface area contributed by atoms with E-state index in [0.29, 0.717) is 74.9 Å². The molecule has 9 nitrogen and oxygen atoms in total. The summed E-state index contributed by atoms with van der Waals surface area (Å²) in [6, 6.07) is 24.3. The van der Waals surface area contributed by atoms with E-state index in [1.807, 2.05) is 42.5 Å². The van der Waals surface area contributed by atoms with Crippen LogP contribution in [0.15, 0.2) is 83.8 Å². The molecule has 0 spiro atoms. The Bertz CT molecular complexity index is 1850. The topological polar surface area (TPSA) is 99.3 Å². The van der Waals surface area contributed by atoms with Crippen LogP contribution < -0.4 is 5.32 Å². The molecule has 3 aliphatic heterocycles. The summed E-state index contributed by atoms with van der Waals surface area (Å²) < 4.78 is 33.9. The first-order valence-corrected chi connectivity index (χ1v) is 17.9. The number of hydrogen-bond acceptors (Lipinski definition) is 7. The van der Waals surface area contributed by atoms with Crippen molar-refractivity contribution in [3.8, 4) is 0 Å². The van der Waals surface area contributed by atoms with Crippen molar-refractivity contribution in [1.29, 1.82) is 0 Å². The number of morpholine rings is 1. The van der Waals surface area contributed by atoms with Gasteiger partial charge >= 0.3 is 0 Å². The maximum atomic E-state index is 13.9. The monoisotopic (exact) mass is 656 g/mol. The Morgan fingerprint density at radius 3 is 2.28 bits per heavy atom. The molecule has 238 valence electrons. The predicted octanol–water partition coefficient (Wildman–Crippen LogP) is 4.78. The summed E-state index contributed by atoms with van der Waals surface area (Å²) in [5.74, 6) is -0.469. The molecular formula is C35H36N4O5S2. The fraction of sp³-hybridized carbons (Fsp3) is 0.314. The minimum Gasteiger partial charge on any atom is -0.378 e. The molecule has 0 radical (unpaired) electrons. The first kappa shape index (κ1) is 30.8. The molecule has 4 aromatic rings. The van der Waals surface area contributed by atoms with Gasteiger partial charge in [-0.15, -0.1) is 11.3 Å². The van der Waals surface area contributed by atoms with E-state index in [0.717, 1.165) is 29.1 Å². The molecule has 4 heterocycles. The molecule has 0 unspecified atom stereocenters. The molecule has 1 saturated heterocycles. The van der Waals surface area contributed by atoms with Gasteiger partial charge in [0.2, 0.25) is 10.0 Å². The van der Waals surface area contributed by atoms with Crippen LogP contribution in [0, 0.1) is 0 Å². The third-order valence-electron chi connectivity index (χ3n) is 8.97. The van der Waals surface area contributed by atoms with Gasteiger partial charge in [0.15, 0.2) is 0 Å². The van der Waals surface area contributed by atoms with Gasteiger partial charge in [0.05, 0.1) is 23.7 Å². The van der Waals surface area contributed by atoms with Gasteiger partial charge in [0, 0.05) is 56.3 Å². The number of carbonyl (C=O) groups excluding carboxylic acids is 2. The number of nitrogens with zero attached hydrogens (tertiary/aromatic N) is 3. The molecule has 3 aliphatic rings. The van der Waals surface area contributed by atoms with Crippen molar-refractivity contribution in [2.24, 2.45) is 0 Å². The molecule has 1 N–H and O–H groups in total. The summed E-state index contributed by atoms with van der Waals surface area (Å²) in [6.45, 7) is 5.06. The maximum Gasteiger partial charge on any atom is 0.257 e. The van der Waals surface area contributed by atoms with E-state index in [2.05, 4.69) is 22.3 Å². The Balaban J connectivity index is 1.11. The lowest BCUT2D eigenvalue weighted by molar-refractivity contribution is 0.0302. The van der Waals surface area contributed by atoms with Gasteiger partial charge in [0.1, 0.15) is 5.00 Å². The van der Waals surface area contributed by atoms with E-state index in [-0.39, 0.29) is 16.7 Å². The summed E-state index contributed by atoms with van der Waals surface area (Å²) in [5.41, 5.74) is 5.31. The first-order valence-electron chi connectivity index (χ1n) is 15.6. The molecule has 0 saturated carbocycles. The second-order valence-corrected chi connectivity index (χ2v) is 14.9. The normalized spacial score (nSPS) is 17.3. The summed E-state index contributed by atoms with van der Waals surface area (Å²) in [5, 5.41) is 3.56. The second-order valence-electron chi connectivity index (χ2n) is 11.9. The van der Waals surface area contributed by atoms with E-state index >= 15 is 0 Å². The SMILES string of the molecule is O=C(Nc1sc2c(c1C(=O)N1CCOCC1)CCN(Cc1ccccc1)C2)c1ccc(S(=O)(=O)N2CCc3ccccc3C2)cc1. The molecule has 1 fully saturated rings. The molecule has 0 atom stereocenters. The molecule has 1 aromatic heterocycles. The highest BCUT2D eigenvalue weighted by atomic mass is 32.2. The van der Waals surface area contributed by atoms with Gasteiger partial charge in [-0.1, -0.05) is 54.6 Å². The Morgan fingerprint density at radius 2 is 1.52 bits per heavy atom. The number of carbonyl (C=O) groups is 2. The highest BCUT2D eigenvalue weighted by molar-refractivity contribution is 7.89. The summed E-state index contributed by atoms with van der Waals surface area (Å²) in [4.78, 5) is 32.8. The van der Waals surface area contributed by atoms with Crippen LogP contribution in [0.5, 0.6) is 0 Å². The van der Waals surface area contributed by atoms with Crippen LogP contribution in [-0.2, 0) is 47.2 Å². The summed E-state index contributed by atoms with van der Waals surface area (Å²) in [7, 11) is -3.73. The number of anilines is 1. The van der Waals surface area contributed by atoms with Crippen LogP contribution in [0.1, 0.15) is 47.8 Å². The fourth-order valence-corrected chi connectivity index (χ4v) is 9.15. The van der Waals surface area contributed by atoms with Crippen molar-refractivity contribution in [2.75, 3.05) is 44.7 Å². The lowest BCUT2D eigenvalue weighted by Gasteiger charge is -2.29. The van der Waals surface area contributed by atoms with Crippen molar-refractivity contribution in [3.05, 3.63) is 117 Å². The molecule has 0 bridgehead atoms. The largest absolute Gasteiger partial charge is 0.378 e. The van der Waals surface area contributed by atoms with Crippen molar-refractivity contribution in [3.63, 3.8) is 0 Å². The minimum absolute atomic E-state index is 0.0860. The van der Waals surface area contributed by atoms with Crippen LogP contribution in [-0.4, -0.2) is 73.7 Å². The Kier molecular flexibility index (Phi) is 8.76. The highest BCUT2D eigenvalue weighted by Gasteiger charge is 2.32. The van der Waals surface area contributed by atoms with E-state index in [4.69, 9.17) is 4.74 Å². The van der Waals surface area contributed by atoms with Crippen LogP contribution in [0.25, 0.3) is 0 Å². The molecule has 7 rings (SSSR count). The lowest BCUT2D eigenvalue weighted by atomic mass is 10.0. The Morgan fingerprint density at radius 1 is 0.804 bits per heavy atom. The van der Waals surface area contributed by atoms with E-state index < -0.39 is 10.0 Å². The number of sulfonamides is 1. The van der Waals surface area contributed by atoms with Crippen LogP contribution in [0.2, 0.25) is 0 Å². The molecule has 3 aromatic carbocycles. The number of ether oxygens (including phenoxy) is 1. The minimum atomic E-state index is -3.73. The van der Waals surface area contributed by atoms with Gasteiger partial charge in [-0.05, 0) is 59.4 Å². The van der Waals surface area contributed by atoms with Crippen molar-refractivity contribution in [1.82, 2.24) is 14.1 Å². The van der Waals surface area contributed by atoms with E-state index in [9.17, 15) is 18.0 Å². The average Bonchev–Trinajstić information content (AvgIpc) is 3.45. The zero-order chi connectivity index (χ0) is 31.7. The number of fused-ring (bicyclic) bond motifs is 2. The van der Waals surface area contributed by atoms with Crippen LogP contribution in [0.3, 0.4) is 0 Å². The molecule has 0 aliphatic carbocycles. The predicted molar refractivity (Wildman–Crippen MR) is 177 cm³/mol. The quantitative estimate of drug-likeness (QED) is 0.308.